The Hall–Kier alpha value is -4.12. The maximum atomic E-state index is 13.1. The molecule has 34 heavy (non-hydrogen) atoms. The maximum Gasteiger partial charge on any atom is 0.416 e. The molecule has 5 rings (SSSR count). The molecule has 0 atom stereocenters. The van der Waals surface area contributed by atoms with E-state index in [1.54, 1.807) is 30.3 Å². The Labute approximate surface area is 193 Å². The minimum Gasteiger partial charge on any atom is -0.341 e. The summed E-state index contributed by atoms with van der Waals surface area (Å²) in [5.74, 6) is 0.333. The van der Waals surface area contributed by atoms with E-state index in [1.165, 1.54) is 12.1 Å². The van der Waals surface area contributed by atoms with Crippen molar-refractivity contribution in [2.75, 3.05) is 5.32 Å². The van der Waals surface area contributed by atoms with Crippen LogP contribution in [0.2, 0.25) is 0 Å². The van der Waals surface area contributed by atoms with E-state index in [0.717, 1.165) is 37.0 Å². The Morgan fingerprint density at radius 1 is 1.06 bits per heavy atom. The first-order valence-corrected chi connectivity index (χ1v) is 10.8. The summed E-state index contributed by atoms with van der Waals surface area (Å²) in [4.78, 5) is 20.3. The van der Waals surface area contributed by atoms with Crippen molar-refractivity contribution >= 4 is 22.6 Å². The second-order valence-electron chi connectivity index (χ2n) is 8.47. The van der Waals surface area contributed by atoms with Crippen LogP contribution in [0.3, 0.4) is 0 Å². The summed E-state index contributed by atoms with van der Waals surface area (Å²) in [5.41, 5.74) is 2.13. The number of carbonyl (C=O) groups excluding carboxylic acids is 1. The van der Waals surface area contributed by atoms with Gasteiger partial charge in [0.1, 0.15) is 5.82 Å². The van der Waals surface area contributed by atoms with Gasteiger partial charge >= 0.3 is 6.18 Å². The summed E-state index contributed by atoms with van der Waals surface area (Å²) < 4.78 is 39.3. The van der Waals surface area contributed by atoms with Gasteiger partial charge in [-0.1, -0.05) is 24.6 Å². The largest absolute Gasteiger partial charge is 0.416 e. The average Bonchev–Trinajstić information content (AvgIpc) is 3.22. The number of fused-ring (bicyclic) bond motifs is 1. The molecule has 170 valence electrons. The third kappa shape index (κ3) is 3.79. The van der Waals surface area contributed by atoms with E-state index >= 15 is 0 Å². The number of rotatable bonds is 4. The van der Waals surface area contributed by atoms with Gasteiger partial charge in [0, 0.05) is 11.3 Å². The van der Waals surface area contributed by atoms with Crippen LogP contribution >= 0.6 is 0 Å². The molecule has 3 aromatic carbocycles. The van der Waals surface area contributed by atoms with Crippen LogP contribution in [0.5, 0.6) is 0 Å². The Balaban J connectivity index is 1.40. The Morgan fingerprint density at radius 3 is 2.47 bits per heavy atom. The van der Waals surface area contributed by atoms with Gasteiger partial charge in [-0.25, -0.2) is 4.98 Å². The zero-order valence-electron chi connectivity index (χ0n) is 17.9. The molecule has 0 radical (unpaired) electrons. The number of alkyl halides is 3. The Kier molecular flexibility index (Phi) is 5.13. The number of carbonyl (C=O) groups is 1. The normalized spacial score (nSPS) is 14.9. The van der Waals surface area contributed by atoms with Gasteiger partial charge in [0.25, 0.3) is 5.91 Å². The second-order valence-corrected chi connectivity index (χ2v) is 8.47. The molecule has 1 aliphatic rings. The first kappa shape index (κ1) is 21.7. The van der Waals surface area contributed by atoms with Gasteiger partial charge in [-0.3, -0.25) is 4.79 Å². The Morgan fingerprint density at radius 2 is 1.82 bits per heavy atom. The smallest absolute Gasteiger partial charge is 0.341 e. The van der Waals surface area contributed by atoms with Crippen LogP contribution in [-0.4, -0.2) is 15.9 Å². The zero-order chi connectivity index (χ0) is 23.9. The molecule has 0 aliphatic heterocycles. The van der Waals surface area contributed by atoms with Gasteiger partial charge < -0.3 is 10.3 Å². The van der Waals surface area contributed by atoms with Crippen molar-refractivity contribution in [3.63, 3.8) is 0 Å². The molecular formula is C26H19F3N4O. The first-order chi connectivity index (χ1) is 16.3. The fraction of sp³-hybridized carbons (Fsp3) is 0.192. The van der Waals surface area contributed by atoms with Crippen LogP contribution in [0.25, 0.3) is 11.0 Å². The summed E-state index contributed by atoms with van der Waals surface area (Å²) in [6, 6.07) is 19.4. The standard InChI is InChI=1S/C26H19F3N4O/c27-26(28,29)19-7-10-21-22(14-19)33-24(32-21)25(11-2-12-25)18-5-8-20(9-6-18)31-23(34)17-4-1-3-16(13-17)15-30/h1,3-10,13-14H,2,11-12H2,(H,31,34)(H,32,33). The van der Waals surface area contributed by atoms with Crippen molar-refractivity contribution in [1.29, 1.82) is 5.26 Å². The molecule has 2 N–H and O–H groups in total. The fourth-order valence-corrected chi connectivity index (χ4v) is 4.41. The molecule has 5 nitrogen and oxygen atoms in total. The second kappa shape index (κ2) is 8.03. The SMILES string of the molecule is N#Cc1cccc(C(=O)Nc2ccc(C3(c4nc5ccc(C(F)(F)F)cc5[nH]4)CCC3)cc2)c1. The van der Waals surface area contributed by atoms with Gasteiger partial charge in [-0.15, -0.1) is 0 Å². The Bertz CT molecular complexity index is 1430. The number of benzene rings is 3. The summed E-state index contributed by atoms with van der Waals surface area (Å²) in [5, 5.41) is 11.8. The molecule has 0 saturated heterocycles. The number of halogens is 3. The number of amides is 1. The topological polar surface area (TPSA) is 81.6 Å². The number of H-pyrrole nitrogens is 1. The lowest BCUT2D eigenvalue weighted by Crippen LogP contribution is -2.36. The molecular weight excluding hydrogens is 441 g/mol. The molecule has 0 unspecified atom stereocenters. The summed E-state index contributed by atoms with van der Waals surface area (Å²) >= 11 is 0. The van der Waals surface area contributed by atoms with Crippen molar-refractivity contribution in [2.45, 2.75) is 30.9 Å². The van der Waals surface area contributed by atoms with Crippen molar-refractivity contribution in [1.82, 2.24) is 9.97 Å². The molecule has 4 aromatic rings. The summed E-state index contributed by atoms with van der Waals surface area (Å²) in [6.45, 7) is 0. The van der Waals surface area contributed by atoms with Crippen LogP contribution < -0.4 is 5.32 Å². The van der Waals surface area contributed by atoms with Gasteiger partial charge in [0.05, 0.1) is 33.6 Å². The predicted molar refractivity (Wildman–Crippen MR) is 121 cm³/mol. The molecule has 0 bridgehead atoms. The van der Waals surface area contributed by atoms with E-state index < -0.39 is 17.2 Å². The maximum absolute atomic E-state index is 13.1. The number of nitriles is 1. The van der Waals surface area contributed by atoms with E-state index in [4.69, 9.17) is 5.26 Å². The van der Waals surface area contributed by atoms with Crippen LogP contribution in [0.15, 0.2) is 66.7 Å². The third-order valence-corrected chi connectivity index (χ3v) is 6.42. The lowest BCUT2D eigenvalue weighted by molar-refractivity contribution is -0.137. The number of imidazole rings is 1. The van der Waals surface area contributed by atoms with E-state index in [9.17, 15) is 18.0 Å². The van der Waals surface area contributed by atoms with E-state index in [-0.39, 0.29) is 5.91 Å². The quantitative estimate of drug-likeness (QED) is 0.382. The summed E-state index contributed by atoms with van der Waals surface area (Å²) in [6.07, 6.45) is -1.78. The number of nitrogens with zero attached hydrogens (tertiary/aromatic N) is 2. The summed E-state index contributed by atoms with van der Waals surface area (Å²) in [7, 11) is 0. The number of anilines is 1. The molecule has 0 spiro atoms. The molecule has 1 fully saturated rings. The number of nitrogens with one attached hydrogen (secondary N) is 2. The third-order valence-electron chi connectivity index (χ3n) is 6.42. The molecule has 1 heterocycles. The lowest BCUT2D eigenvalue weighted by Gasteiger charge is -2.40. The van der Waals surface area contributed by atoms with Crippen LogP contribution in [-0.2, 0) is 11.6 Å². The lowest BCUT2D eigenvalue weighted by atomic mass is 9.64. The molecule has 1 saturated carbocycles. The van der Waals surface area contributed by atoms with Gasteiger partial charge in [-0.05, 0) is 66.9 Å². The molecule has 8 heteroatoms. The van der Waals surface area contributed by atoms with Crippen LogP contribution in [0, 0.1) is 11.3 Å². The average molecular weight is 460 g/mol. The number of hydrogen-bond acceptors (Lipinski definition) is 3. The molecule has 1 amide bonds. The molecule has 1 aromatic heterocycles. The highest BCUT2D eigenvalue weighted by molar-refractivity contribution is 6.04. The molecule has 1 aliphatic carbocycles. The number of aromatic amines is 1. The van der Waals surface area contributed by atoms with Crippen molar-refractivity contribution in [3.05, 3.63) is 94.8 Å². The highest BCUT2D eigenvalue weighted by atomic mass is 19.4. The van der Waals surface area contributed by atoms with Crippen molar-refractivity contribution in [2.24, 2.45) is 0 Å². The van der Waals surface area contributed by atoms with Crippen LogP contribution in [0.1, 0.15) is 52.1 Å². The number of hydrogen-bond donors (Lipinski definition) is 2. The monoisotopic (exact) mass is 460 g/mol. The van der Waals surface area contributed by atoms with Gasteiger partial charge in [0.2, 0.25) is 0 Å². The van der Waals surface area contributed by atoms with Crippen molar-refractivity contribution in [3.8, 4) is 6.07 Å². The van der Waals surface area contributed by atoms with Gasteiger partial charge in [0.15, 0.2) is 0 Å². The highest BCUT2D eigenvalue weighted by Gasteiger charge is 2.43. The van der Waals surface area contributed by atoms with E-state index in [0.29, 0.717) is 33.7 Å². The minimum atomic E-state index is -4.41. The first-order valence-electron chi connectivity index (χ1n) is 10.8. The minimum absolute atomic E-state index is 0.319. The number of aromatic nitrogens is 2. The van der Waals surface area contributed by atoms with E-state index in [2.05, 4.69) is 15.3 Å². The predicted octanol–water partition coefficient (Wildman–Crippen LogP) is 6.18. The fourth-order valence-electron chi connectivity index (χ4n) is 4.41. The zero-order valence-corrected chi connectivity index (χ0v) is 17.9. The highest BCUT2D eigenvalue weighted by Crippen LogP contribution is 2.48. The van der Waals surface area contributed by atoms with Crippen molar-refractivity contribution < 1.29 is 18.0 Å². The van der Waals surface area contributed by atoms with E-state index in [1.807, 2.05) is 18.2 Å². The van der Waals surface area contributed by atoms with Crippen LogP contribution in [0.4, 0.5) is 18.9 Å². The van der Waals surface area contributed by atoms with Gasteiger partial charge in [-0.2, -0.15) is 18.4 Å².